The van der Waals surface area contributed by atoms with E-state index in [1.165, 1.54) is 0 Å². The minimum Gasteiger partial charge on any atom is -0.357 e. The Bertz CT molecular complexity index is 755. The van der Waals surface area contributed by atoms with Gasteiger partial charge in [0.15, 0.2) is 5.65 Å². The number of anilines is 1. The molecule has 3 rings (SSSR count). The number of halogens is 1. The Hall–Kier alpha value is -1.94. The fourth-order valence-corrected chi connectivity index (χ4v) is 2.08. The Morgan fingerprint density at radius 1 is 1.17 bits per heavy atom. The van der Waals surface area contributed by atoms with E-state index in [4.69, 9.17) is 11.6 Å². The summed E-state index contributed by atoms with van der Waals surface area (Å²) >= 11 is 6.11. The first kappa shape index (κ1) is 11.2. The predicted octanol–water partition coefficient (Wildman–Crippen LogP) is 3.18. The van der Waals surface area contributed by atoms with E-state index in [-0.39, 0.29) is 0 Å². The van der Waals surface area contributed by atoms with Gasteiger partial charge in [-0.1, -0.05) is 17.7 Å². The van der Waals surface area contributed by atoms with Crippen molar-refractivity contribution < 1.29 is 0 Å². The van der Waals surface area contributed by atoms with Crippen molar-refractivity contribution in [2.24, 2.45) is 0 Å². The monoisotopic (exact) mass is 258 g/mol. The van der Waals surface area contributed by atoms with E-state index >= 15 is 0 Å². The van der Waals surface area contributed by atoms with Crippen LogP contribution in [0, 0.1) is 6.92 Å². The smallest absolute Gasteiger partial charge is 0.224 e. The van der Waals surface area contributed by atoms with Gasteiger partial charge in [0.2, 0.25) is 5.95 Å². The summed E-state index contributed by atoms with van der Waals surface area (Å²) in [7, 11) is 1.78. The largest absolute Gasteiger partial charge is 0.357 e. The van der Waals surface area contributed by atoms with Crippen molar-refractivity contribution in [1.29, 1.82) is 0 Å². The van der Waals surface area contributed by atoms with Gasteiger partial charge in [-0.25, -0.2) is 9.97 Å². The van der Waals surface area contributed by atoms with Crippen LogP contribution in [0.5, 0.6) is 0 Å². The van der Waals surface area contributed by atoms with Crippen LogP contribution in [0.4, 0.5) is 5.95 Å². The summed E-state index contributed by atoms with van der Waals surface area (Å²) in [6.45, 7) is 1.96. The van der Waals surface area contributed by atoms with Gasteiger partial charge in [-0.3, -0.25) is 0 Å². The first-order valence-electron chi connectivity index (χ1n) is 5.59. The number of hydrogen-bond donors (Lipinski definition) is 1. The van der Waals surface area contributed by atoms with Crippen LogP contribution in [-0.4, -0.2) is 22.0 Å². The number of nitrogens with zero attached hydrogens (tertiary/aromatic N) is 3. The molecule has 0 fully saturated rings. The average Bonchev–Trinajstić information content (AvgIpc) is 2.41. The summed E-state index contributed by atoms with van der Waals surface area (Å²) in [5, 5.41) is 5.59. The third kappa shape index (κ3) is 1.66. The Labute approximate surface area is 109 Å². The molecule has 0 bridgehead atoms. The molecule has 0 spiro atoms. The van der Waals surface area contributed by atoms with E-state index in [1.807, 2.05) is 25.1 Å². The zero-order chi connectivity index (χ0) is 12.7. The third-order valence-corrected chi connectivity index (χ3v) is 3.35. The molecule has 3 aromatic rings. The minimum absolute atomic E-state index is 0.564. The number of aryl methyl sites for hydroxylation is 1. The normalized spacial score (nSPS) is 11.1. The fourth-order valence-electron chi connectivity index (χ4n) is 1.93. The molecular weight excluding hydrogens is 248 g/mol. The molecule has 0 aliphatic heterocycles. The average molecular weight is 259 g/mol. The zero-order valence-electron chi connectivity index (χ0n) is 10.0. The molecule has 1 N–H and O–H groups in total. The van der Waals surface area contributed by atoms with E-state index in [0.29, 0.717) is 11.6 Å². The number of hydrogen-bond acceptors (Lipinski definition) is 4. The van der Waals surface area contributed by atoms with Crippen LogP contribution in [0.15, 0.2) is 24.4 Å². The van der Waals surface area contributed by atoms with E-state index < -0.39 is 0 Å². The Morgan fingerprint density at radius 2 is 2.00 bits per heavy atom. The summed E-state index contributed by atoms with van der Waals surface area (Å²) in [5.74, 6) is 0.564. The Kier molecular flexibility index (Phi) is 2.52. The van der Waals surface area contributed by atoms with Gasteiger partial charge in [-0.05, 0) is 24.6 Å². The number of pyridine rings is 1. The van der Waals surface area contributed by atoms with Gasteiger partial charge in [0.25, 0.3) is 0 Å². The molecule has 18 heavy (non-hydrogen) atoms. The summed E-state index contributed by atoms with van der Waals surface area (Å²) < 4.78 is 0. The molecule has 5 heteroatoms. The van der Waals surface area contributed by atoms with Crippen LogP contribution in [0.1, 0.15) is 5.56 Å². The maximum Gasteiger partial charge on any atom is 0.224 e. The van der Waals surface area contributed by atoms with Crippen molar-refractivity contribution in [3.8, 4) is 0 Å². The maximum absolute atomic E-state index is 6.11. The van der Waals surface area contributed by atoms with Crippen LogP contribution in [-0.2, 0) is 0 Å². The summed E-state index contributed by atoms with van der Waals surface area (Å²) in [6, 6.07) is 5.87. The zero-order valence-corrected chi connectivity index (χ0v) is 10.8. The second-order valence-electron chi connectivity index (χ2n) is 4.09. The van der Waals surface area contributed by atoms with Crippen LogP contribution >= 0.6 is 11.6 Å². The lowest BCUT2D eigenvalue weighted by molar-refractivity contribution is 1.17. The van der Waals surface area contributed by atoms with Crippen LogP contribution < -0.4 is 5.32 Å². The molecule has 0 unspecified atom stereocenters. The number of rotatable bonds is 1. The first-order valence-corrected chi connectivity index (χ1v) is 5.97. The van der Waals surface area contributed by atoms with Gasteiger partial charge in [0.05, 0.1) is 5.52 Å². The number of aromatic nitrogens is 3. The summed E-state index contributed by atoms with van der Waals surface area (Å²) in [6.07, 6.45) is 1.77. The Balaban J connectivity index is 2.40. The standard InChI is InChI=1S/C13H11ClN4/c1-7-10(14)4-3-8-5-9-6-16-13(15-2)18-12(9)17-11(7)8/h3-6H,1-2H3,(H,15,16,17,18). The highest BCUT2D eigenvalue weighted by atomic mass is 35.5. The quantitative estimate of drug-likeness (QED) is 0.681. The van der Waals surface area contributed by atoms with Gasteiger partial charge in [-0.15, -0.1) is 0 Å². The molecule has 0 saturated carbocycles. The molecule has 0 saturated heterocycles. The highest BCUT2D eigenvalue weighted by molar-refractivity contribution is 6.32. The molecule has 0 atom stereocenters. The molecule has 4 nitrogen and oxygen atoms in total. The summed E-state index contributed by atoms with van der Waals surface area (Å²) in [4.78, 5) is 13.1. The van der Waals surface area contributed by atoms with Gasteiger partial charge in [0, 0.05) is 29.0 Å². The van der Waals surface area contributed by atoms with Gasteiger partial charge >= 0.3 is 0 Å². The first-order chi connectivity index (χ1) is 8.69. The Morgan fingerprint density at radius 3 is 2.78 bits per heavy atom. The van der Waals surface area contributed by atoms with Crippen LogP contribution in [0.25, 0.3) is 21.9 Å². The van der Waals surface area contributed by atoms with Crippen molar-refractivity contribution >= 4 is 39.5 Å². The van der Waals surface area contributed by atoms with E-state index in [0.717, 1.165) is 26.9 Å². The lowest BCUT2D eigenvalue weighted by Gasteiger charge is -2.06. The van der Waals surface area contributed by atoms with Gasteiger partial charge in [0.1, 0.15) is 0 Å². The third-order valence-electron chi connectivity index (χ3n) is 2.94. The molecule has 2 heterocycles. The lowest BCUT2D eigenvalue weighted by atomic mass is 10.1. The van der Waals surface area contributed by atoms with Crippen molar-refractivity contribution in [3.63, 3.8) is 0 Å². The minimum atomic E-state index is 0.564. The van der Waals surface area contributed by atoms with Crippen LogP contribution in [0.2, 0.25) is 5.02 Å². The summed E-state index contributed by atoms with van der Waals surface area (Å²) in [5.41, 5.74) is 2.53. The molecule has 0 amide bonds. The number of benzene rings is 1. The topological polar surface area (TPSA) is 50.7 Å². The van der Waals surface area contributed by atoms with Crippen molar-refractivity contribution in [2.45, 2.75) is 6.92 Å². The highest BCUT2D eigenvalue weighted by Gasteiger charge is 2.07. The van der Waals surface area contributed by atoms with E-state index in [9.17, 15) is 0 Å². The van der Waals surface area contributed by atoms with E-state index in [2.05, 4.69) is 20.3 Å². The molecule has 1 aromatic carbocycles. The van der Waals surface area contributed by atoms with E-state index in [1.54, 1.807) is 13.2 Å². The second kappa shape index (κ2) is 4.07. The molecule has 90 valence electrons. The van der Waals surface area contributed by atoms with Crippen molar-refractivity contribution in [1.82, 2.24) is 15.0 Å². The number of fused-ring (bicyclic) bond motifs is 2. The molecule has 0 radical (unpaired) electrons. The van der Waals surface area contributed by atoms with Gasteiger partial charge in [-0.2, -0.15) is 4.98 Å². The van der Waals surface area contributed by atoms with Crippen LogP contribution in [0.3, 0.4) is 0 Å². The lowest BCUT2D eigenvalue weighted by Crippen LogP contribution is -1.97. The molecular formula is C13H11ClN4. The molecule has 2 aromatic heterocycles. The molecule has 0 aliphatic rings. The van der Waals surface area contributed by atoms with Gasteiger partial charge < -0.3 is 5.32 Å². The fraction of sp³-hybridized carbons (Fsp3) is 0.154. The maximum atomic E-state index is 6.11. The number of nitrogens with one attached hydrogen (secondary N) is 1. The SMILES string of the molecule is CNc1ncc2cc3ccc(Cl)c(C)c3nc2n1. The second-order valence-corrected chi connectivity index (χ2v) is 4.50. The van der Waals surface area contributed by atoms with Crippen molar-refractivity contribution in [3.05, 3.63) is 35.0 Å². The highest BCUT2D eigenvalue weighted by Crippen LogP contribution is 2.26. The predicted molar refractivity (Wildman–Crippen MR) is 74.1 cm³/mol. The van der Waals surface area contributed by atoms with Crippen molar-refractivity contribution in [2.75, 3.05) is 12.4 Å². The molecule has 0 aliphatic carbocycles.